The fourth-order valence-corrected chi connectivity index (χ4v) is 0.738. The Bertz CT molecular complexity index is 155. The van der Waals surface area contributed by atoms with Gasteiger partial charge < -0.3 is 4.79 Å². The molecule has 2 heteroatoms. The highest BCUT2D eigenvalue weighted by Gasteiger charge is 1.92. The van der Waals surface area contributed by atoms with Crippen molar-refractivity contribution in [3.05, 3.63) is 0 Å². The van der Waals surface area contributed by atoms with Crippen LogP contribution in [0.4, 0.5) is 0 Å². The molecular formula is C9H13ClO. The summed E-state index contributed by atoms with van der Waals surface area (Å²) < 4.78 is 0. The SMILES string of the molecule is CC(C#CCCCCl)CC=O. The minimum Gasteiger partial charge on any atom is -0.303 e. The van der Waals surface area contributed by atoms with Crippen LogP contribution in [0.3, 0.4) is 0 Å². The highest BCUT2D eigenvalue weighted by atomic mass is 35.5. The first-order valence-electron chi connectivity index (χ1n) is 3.79. The average molecular weight is 173 g/mol. The maximum Gasteiger partial charge on any atom is 0.121 e. The number of carbonyl (C=O) groups is 1. The second-order valence-electron chi connectivity index (χ2n) is 2.42. The van der Waals surface area contributed by atoms with Crippen molar-refractivity contribution in [2.24, 2.45) is 5.92 Å². The second kappa shape index (κ2) is 7.63. The highest BCUT2D eigenvalue weighted by Crippen LogP contribution is 1.96. The molecule has 0 rings (SSSR count). The van der Waals surface area contributed by atoms with Gasteiger partial charge in [0, 0.05) is 24.6 Å². The molecule has 1 atom stereocenters. The summed E-state index contributed by atoms with van der Waals surface area (Å²) in [7, 11) is 0. The smallest absolute Gasteiger partial charge is 0.121 e. The van der Waals surface area contributed by atoms with E-state index >= 15 is 0 Å². The van der Waals surface area contributed by atoms with E-state index in [2.05, 4.69) is 11.8 Å². The van der Waals surface area contributed by atoms with E-state index in [4.69, 9.17) is 11.6 Å². The second-order valence-corrected chi connectivity index (χ2v) is 2.80. The standard InChI is InChI=1S/C9H13ClO/c1-9(6-8-11)5-3-2-4-7-10/h8-9H,2,4,6-7H2,1H3. The van der Waals surface area contributed by atoms with E-state index in [1.54, 1.807) is 0 Å². The maximum absolute atomic E-state index is 10.0. The Balaban J connectivity index is 3.42. The third kappa shape index (κ3) is 7.42. The number of carbonyl (C=O) groups excluding carboxylic acids is 1. The van der Waals surface area contributed by atoms with Crippen LogP contribution >= 0.6 is 11.6 Å². The van der Waals surface area contributed by atoms with Gasteiger partial charge in [0.05, 0.1) is 0 Å². The monoisotopic (exact) mass is 172 g/mol. The maximum atomic E-state index is 10.0. The summed E-state index contributed by atoms with van der Waals surface area (Å²) >= 11 is 5.45. The molecule has 0 aliphatic rings. The lowest BCUT2D eigenvalue weighted by Gasteiger charge is -1.93. The Morgan fingerprint density at radius 2 is 2.36 bits per heavy atom. The van der Waals surface area contributed by atoms with Gasteiger partial charge >= 0.3 is 0 Å². The number of hydrogen-bond acceptors (Lipinski definition) is 1. The molecule has 11 heavy (non-hydrogen) atoms. The zero-order valence-electron chi connectivity index (χ0n) is 6.77. The lowest BCUT2D eigenvalue weighted by Crippen LogP contribution is -1.89. The molecule has 0 aliphatic heterocycles. The largest absolute Gasteiger partial charge is 0.303 e. The molecule has 0 saturated carbocycles. The van der Waals surface area contributed by atoms with Crippen molar-refractivity contribution in [2.75, 3.05) is 5.88 Å². The van der Waals surface area contributed by atoms with Crippen molar-refractivity contribution in [1.29, 1.82) is 0 Å². The van der Waals surface area contributed by atoms with Gasteiger partial charge in [0.15, 0.2) is 0 Å². The van der Waals surface area contributed by atoms with Crippen LogP contribution in [0, 0.1) is 17.8 Å². The number of halogens is 1. The molecule has 0 amide bonds. The predicted molar refractivity (Wildman–Crippen MR) is 47.6 cm³/mol. The van der Waals surface area contributed by atoms with Gasteiger partial charge in [0.25, 0.3) is 0 Å². The molecule has 0 spiro atoms. The van der Waals surface area contributed by atoms with Gasteiger partial charge in [-0.05, 0) is 6.42 Å². The summed E-state index contributed by atoms with van der Waals surface area (Å²) in [6, 6.07) is 0. The summed E-state index contributed by atoms with van der Waals surface area (Å²) in [5, 5.41) is 0. The van der Waals surface area contributed by atoms with Crippen LogP contribution in [0.1, 0.15) is 26.2 Å². The normalized spacial score (nSPS) is 11.5. The van der Waals surface area contributed by atoms with E-state index in [1.165, 1.54) is 0 Å². The van der Waals surface area contributed by atoms with Crippen molar-refractivity contribution >= 4 is 17.9 Å². The summed E-state index contributed by atoms with van der Waals surface area (Å²) in [5.41, 5.74) is 0. The molecule has 0 heterocycles. The van der Waals surface area contributed by atoms with Gasteiger partial charge in [0.2, 0.25) is 0 Å². The van der Waals surface area contributed by atoms with Crippen molar-refractivity contribution in [1.82, 2.24) is 0 Å². The summed E-state index contributed by atoms with van der Waals surface area (Å²) in [4.78, 5) is 10.0. The van der Waals surface area contributed by atoms with Gasteiger partial charge in [-0.15, -0.1) is 17.5 Å². The molecule has 0 aromatic carbocycles. The van der Waals surface area contributed by atoms with Crippen LogP contribution in [0.5, 0.6) is 0 Å². The van der Waals surface area contributed by atoms with Crippen LogP contribution in [-0.4, -0.2) is 12.2 Å². The molecule has 0 bridgehead atoms. The quantitative estimate of drug-likeness (QED) is 0.275. The van der Waals surface area contributed by atoms with E-state index in [0.717, 1.165) is 19.1 Å². The van der Waals surface area contributed by atoms with Crippen molar-refractivity contribution in [2.45, 2.75) is 26.2 Å². The zero-order valence-corrected chi connectivity index (χ0v) is 7.53. The number of rotatable bonds is 4. The third-order valence-corrected chi connectivity index (χ3v) is 1.50. The van der Waals surface area contributed by atoms with Gasteiger partial charge in [-0.3, -0.25) is 0 Å². The molecule has 1 nitrogen and oxygen atoms in total. The Morgan fingerprint density at radius 3 is 2.91 bits per heavy atom. The van der Waals surface area contributed by atoms with Gasteiger partial charge in [-0.1, -0.05) is 12.8 Å². The molecule has 0 aromatic rings. The van der Waals surface area contributed by atoms with E-state index in [-0.39, 0.29) is 5.92 Å². The lowest BCUT2D eigenvalue weighted by atomic mass is 10.1. The van der Waals surface area contributed by atoms with Gasteiger partial charge in [0.1, 0.15) is 6.29 Å². The molecule has 0 saturated heterocycles. The zero-order chi connectivity index (χ0) is 8.53. The number of hydrogen-bond donors (Lipinski definition) is 0. The van der Waals surface area contributed by atoms with Crippen molar-refractivity contribution in [3.63, 3.8) is 0 Å². The predicted octanol–water partition coefficient (Wildman–Crippen LogP) is 2.23. The van der Waals surface area contributed by atoms with Gasteiger partial charge in [-0.2, -0.15) is 0 Å². The Morgan fingerprint density at radius 1 is 1.64 bits per heavy atom. The Labute approximate surface area is 73.1 Å². The molecular weight excluding hydrogens is 160 g/mol. The fraction of sp³-hybridized carbons (Fsp3) is 0.667. The summed E-state index contributed by atoms with van der Waals surface area (Å²) in [6.07, 6.45) is 3.21. The average Bonchev–Trinajstić information content (AvgIpc) is 1.99. The van der Waals surface area contributed by atoms with E-state index < -0.39 is 0 Å². The minimum atomic E-state index is 0.197. The van der Waals surface area contributed by atoms with Crippen LogP contribution in [0.2, 0.25) is 0 Å². The first-order valence-corrected chi connectivity index (χ1v) is 4.32. The Kier molecular flexibility index (Phi) is 7.29. The molecule has 0 N–H and O–H groups in total. The highest BCUT2D eigenvalue weighted by molar-refractivity contribution is 6.17. The molecule has 0 fully saturated rings. The van der Waals surface area contributed by atoms with Crippen LogP contribution in [0.15, 0.2) is 0 Å². The van der Waals surface area contributed by atoms with E-state index in [1.807, 2.05) is 6.92 Å². The first kappa shape index (κ1) is 10.5. The summed E-state index contributed by atoms with van der Waals surface area (Å²) in [6.45, 7) is 1.95. The molecule has 0 radical (unpaired) electrons. The minimum absolute atomic E-state index is 0.197. The number of unbranched alkanes of at least 4 members (excludes halogenated alkanes) is 1. The topological polar surface area (TPSA) is 17.1 Å². The van der Waals surface area contributed by atoms with Crippen LogP contribution in [-0.2, 0) is 4.79 Å². The molecule has 62 valence electrons. The fourth-order valence-electron chi connectivity index (χ4n) is 0.605. The van der Waals surface area contributed by atoms with Crippen molar-refractivity contribution in [3.8, 4) is 11.8 Å². The summed E-state index contributed by atoms with van der Waals surface area (Å²) in [5.74, 6) is 6.82. The molecule has 0 aliphatic carbocycles. The van der Waals surface area contributed by atoms with Crippen LogP contribution in [0.25, 0.3) is 0 Å². The third-order valence-electron chi connectivity index (χ3n) is 1.23. The van der Waals surface area contributed by atoms with E-state index in [0.29, 0.717) is 12.3 Å². The van der Waals surface area contributed by atoms with Crippen molar-refractivity contribution < 1.29 is 4.79 Å². The number of aldehydes is 1. The molecule has 0 aromatic heterocycles. The van der Waals surface area contributed by atoms with Gasteiger partial charge in [-0.25, -0.2) is 0 Å². The lowest BCUT2D eigenvalue weighted by molar-refractivity contribution is -0.108. The Hall–Kier alpha value is -0.480. The first-order chi connectivity index (χ1) is 5.31. The number of alkyl halides is 1. The van der Waals surface area contributed by atoms with E-state index in [9.17, 15) is 4.79 Å². The molecule has 1 unspecified atom stereocenters. The van der Waals surface area contributed by atoms with Crippen LogP contribution < -0.4 is 0 Å².